The Bertz CT molecular complexity index is 1320. The lowest BCUT2D eigenvalue weighted by atomic mass is 10.0. The van der Waals surface area contributed by atoms with Gasteiger partial charge in [0.05, 0.1) is 11.1 Å². The van der Waals surface area contributed by atoms with Gasteiger partial charge in [-0.2, -0.15) is 0 Å². The minimum Gasteiger partial charge on any atom is -0.477 e. The lowest BCUT2D eigenvalue weighted by Crippen LogP contribution is -2.33. The van der Waals surface area contributed by atoms with Crippen LogP contribution in [0.2, 0.25) is 0 Å². The number of halogens is 3. The van der Waals surface area contributed by atoms with Crippen LogP contribution in [0, 0.1) is 30.3 Å². The first-order chi connectivity index (χ1) is 15.6. The molecule has 0 unspecified atom stereocenters. The molecular weight excluding hydrogens is 437 g/mol. The summed E-state index contributed by atoms with van der Waals surface area (Å²) < 4.78 is 44.6. The second-order valence-electron chi connectivity index (χ2n) is 8.29. The van der Waals surface area contributed by atoms with E-state index < -0.39 is 34.4 Å². The van der Waals surface area contributed by atoms with Gasteiger partial charge in [0.25, 0.3) is 0 Å². The molecule has 0 amide bonds. The van der Waals surface area contributed by atoms with Crippen molar-refractivity contribution in [1.82, 2.24) is 14.9 Å². The first-order valence-electron chi connectivity index (χ1n) is 10.5. The molecule has 10 heteroatoms. The molecule has 174 valence electrons. The predicted octanol–water partition coefficient (Wildman–Crippen LogP) is 3.24. The average molecular weight is 460 g/mol. The summed E-state index contributed by atoms with van der Waals surface area (Å²) in [6.07, 6.45) is 1.74. The normalized spacial score (nSPS) is 17.0. The number of hydrogen-bond donors (Lipinski definition) is 2. The molecule has 4 rings (SSSR count). The van der Waals surface area contributed by atoms with E-state index in [0.717, 1.165) is 29.3 Å². The lowest BCUT2D eigenvalue weighted by molar-refractivity contribution is 0.0695. The zero-order valence-corrected chi connectivity index (χ0v) is 18.3. The van der Waals surface area contributed by atoms with Crippen LogP contribution in [0.15, 0.2) is 29.2 Å². The van der Waals surface area contributed by atoms with E-state index in [0.29, 0.717) is 19.2 Å². The molecule has 0 bridgehead atoms. The number of pyridine rings is 2. The number of fused-ring (bicyclic) bond motifs is 1. The Hall–Kier alpha value is -3.40. The molecule has 1 aromatic carbocycles. The highest BCUT2D eigenvalue weighted by atomic mass is 19.1. The maximum absolute atomic E-state index is 15.4. The van der Waals surface area contributed by atoms with Crippen LogP contribution in [0.1, 0.15) is 29.3 Å². The number of hydrogen-bond acceptors (Lipinski definition) is 5. The number of benzene rings is 1. The van der Waals surface area contributed by atoms with Gasteiger partial charge in [-0.3, -0.25) is 9.36 Å². The van der Waals surface area contributed by atoms with Gasteiger partial charge in [0.2, 0.25) is 5.43 Å². The summed E-state index contributed by atoms with van der Waals surface area (Å²) in [4.78, 5) is 30.7. The quantitative estimate of drug-likeness (QED) is 0.608. The molecule has 2 N–H and O–H groups in total. The molecule has 0 aliphatic carbocycles. The second kappa shape index (κ2) is 8.51. The molecule has 0 saturated carbocycles. The Morgan fingerprint density at radius 1 is 1.30 bits per heavy atom. The Balaban J connectivity index is 2.00. The number of carbonyl (C=O) groups is 1. The molecule has 3 heterocycles. The van der Waals surface area contributed by atoms with E-state index >= 15 is 4.39 Å². The van der Waals surface area contributed by atoms with Crippen LogP contribution in [0.25, 0.3) is 16.7 Å². The minimum absolute atomic E-state index is 0.00421. The number of carboxylic acid groups (broad SMARTS) is 1. The summed E-state index contributed by atoms with van der Waals surface area (Å²) in [5.74, 6) is -3.83. The molecule has 33 heavy (non-hydrogen) atoms. The van der Waals surface area contributed by atoms with Crippen LogP contribution in [-0.2, 0) is 0 Å². The van der Waals surface area contributed by atoms with Gasteiger partial charge in [0.1, 0.15) is 17.2 Å². The van der Waals surface area contributed by atoms with Gasteiger partial charge >= 0.3 is 5.97 Å². The maximum Gasteiger partial charge on any atom is 0.341 e. The van der Waals surface area contributed by atoms with Gasteiger partial charge in [-0.05, 0) is 45.4 Å². The van der Waals surface area contributed by atoms with E-state index in [1.807, 2.05) is 14.0 Å². The van der Waals surface area contributed by atoms with Gasteiger partial charge in [-0.25, -0.2) is 22.9 Å². The third-order valence-electron chi connectivity index (χ3n) is 6.38. The van der Waals surface area contributed by atoms with Crippen molar-refractivity contribution in [1.29, 1.82) is 0 Å². The fourth-order valence-corrected chi connectivity index (χ4v) is 4.33. The standard InChI is InChI=1S/C23H23F3N4O3/c1-11-18-20(31)15(23(32)33)10-30(17-5-4-14(24)8-16(17)25)21(18)28-22(19(11)26)29-7-6-13(9-29)12(2)27-3/h4-5,8,10,12-13,27H,6-7,9H2,1-3H3,(H,32,33)/t12-,13+/m0/s1. The molecule has 1 fully saturated rings. The molecule has 7 nitrogen and oxygen atoms in total. The van der Waals surface area contributed by atoms with E-state index in [1.54, 1.807) is 4.90 Å². The molecule has 2 aromatic heterocycles. The fraction of sp³-hybridized carbons (Fsp3) is 0.348. The van der Waals surface area contributed by atoms with E-state index in [1.165, 1.54) is 6.92 Å². The number of aromatic carboxylic acids is 1. The second-order valence-corrected chi connectivity index (χ2v) is 8.29. The SMILES string of the molecule is CN[C@@H](C)[C@@H]1CCN(c2nc3c(c(C)c2F)c(=O)c(C(=O)O)cn3-c2ccc(F)cc2F)C1. The summed E-state index contributed by atoms with van der Waals surface area (Å²) in [5, 5.41) is 12.4. The van der Waals surface area contributed by atoms with Crippen LogP contribution in [0.3, 0.4) is 0 Å². The lowest BCUT2D eigenvalue weighted by Gasteiger charge is -2.23. The predicted molar refractivity (Wildman–Crippen MR) is 118 cm³/mol. The fourth-order valence-electron chi connectivity index (χ4n) is 4.33. The largest absolute Gasteiger partial charge is 0.477 e. The summed E-state index contributed by atoms with van der Waals surface area (Å²) in [5.41, 5.74) is -1.99. The molecule has 3 aromatic rings. The number of aryl methyl sites for hydroxylation is 1. The van der Waals surface area contributed by atoms with E-state index in [2.05, 4.69) is 10.3 Å². The molecule has 1 aliphatic rings. The van der Waals surface area contributed by atoms with E-state index in [9.17, 15) is 23.5 Å². The van der Waals surface area contributed by atoms with Crippen molar-refractivity contribution < 1.29 is 23.1 Å². The van der Waals surface area contributed by atoms with Crippen molar-refractivity contribution in [3.63, 3.8) is 0 Å². The number of rotatable bonds is 5. The van der Waals surface area contributed by atoms with Crippen LogP contribution in [0.5, 0.6) is 0 Å². The monoisotopic (exact) mass is 460 g/mol. The van der Waals surface area contributed by atoms with Crippen LogP contribution in [0.4, 0.5) is 19.0 Å². The summed E-state index contributed by atoms with van der Waals surface area (Å²) >= 11 is 0. The van der Waals surface area contributed by atoms with Crippen molar-refractivity contribution >= 4 is 22.8 Å². The van der Waals surface area contributed by atoms with Gasteiger partial charge in [-0.1, -0.05) is 0 Å². The van der Waals surface area contributed by atoms with Crippen molar-refractivity contribution in [3.05, 3.63) is 63.2 Å². The highest BCUT2D eigenvalue weighted by molar-refractivity contribution is 5.93. The van der Waals surface area contributed by atoms with Crippen molar-refractivity contribution in [3.8, 4) is 5.69 Å². The van der Waals surface area contributed by atoms with Gasteiger partial charge in [-0.15, -0.1) is 0 Å². The van der Waals surface area contributed by atoms with Crippen molar-refractivity contribution in [2.45, 2.75) is 26.3 Å². The molecule has 0 spiro atoms. The van der Waals surface area contributed by atoms with E-state index in [-0.39, 0.29) is 40.1 Å². The summed E-state index contributed by atoms with van der Waals surface area (Å²) in [6.45, 7) is 4.46. The Labute approximate surface area is 187 Å². The van der Waals surface area contributed by atoms with Crippen LogP contribution < -0.4 is 15.6 Å². The molecule has 2 atom stereocenters. The zero-order valence-electron chi connectivity index (χ0n) is 18.3. The smallest absolute Gasteiger partial charge is 0.341 e. The Morgan fingerprint density at radius 3 is 2.67 bits per heavy atom. The Morgan fingerprint density at radius 2 is 2.03 bits per heavy atom. The number of nitrogens with zero attached hydrogens (tertiary/aromatic N) is 3. The third-order valence-corrected chi connectivity index (χ3v) is 6.38. The first kappa shape index (κ1) is 22.8. The highest BCUT2D eigenvalue weighted by Crippen LogP contribution is 2.31. The van der Waals surface area contributed by atoms with Crippen molar-refractivity contribution in [2.24, 2.45) is 5.92 Å². The Kier molecular flexibility index (Phi) is 5.87. The summed E-state index contributed by atoms with van der Waals surface area (Å²) in [6, 6.07) is 2.95. The van der Waals surface area contributed by atoms with E-state index in [4.69, 9.17) is 0 Å². The number of anilines is 1. The van der Waals surface area contributed by atoms with Gasteiger partial charge in [0.15, 0.2) is 17.3 Å². The third kappa shape index (κ3) is 3.84. The average Bonchev–Trinajstić information content (AvgIpc) is 3.26. The number of nitrogens with one attached hydrogen (secondary N) is 1. The van der Waals surface area contributed by atoms with Gasteiger partial charge in [0, 0.05) is 37.0 Å². The highest BCUT2D eigenvalue weighted by Gasteiger charge is 2.31. The van der Waals surface area contributed by atoms with Crippen LogP contribution >= 0.6 is 0 Å². The van der Waals surface area contributed by atoms with Crippen LogP contribution in [-0.4, -0.2) is 46.8 Å². The molecule has 0 radical (unpaired) electrons. The van der Waals surface area contributed by atoms with Crippen molar-refractivity contribution in [2.75, 3.05) is 25.0 Å². The molecular formula is C23H23F3N4O3. The molecule has 1 aliphatic heterocycles. The maximum atomic E-state index is 15.4. The zero-order chi connectivity index (χ0) is 24.0. The first-order valence-corrected chi connectivity index (χ1v) is 10.5. The number of carboxylic acids is 1. The minimum atomic E-state index is -1.55. The molecule has 1 saturated heterocycles. The number of aromatic nitrogens is 2. The summed E-state index contributed by atoms with van der Waals surface area (Å²) in [7, 11) is 1.85. The van der Waals surface area contributed by atoms with Gasteiger partial charge < -0.3 is 15.3 Å². The topological polar surface area (TPSA) is 87.5 Å².